The van der Waals surface area contributed by atoms with Crippen molar-refractivity contribution in [2.45, 2.75) is 46.2 Å². The fourth-order valence-corrected chi connectivity index (χ4v) is 2.85. The first-order valence-corrected chi connectivity index (χ1v) is 6.62. The van der Waals surface area contributed by atoms with Crippen LogP contribution in [0.1, 0.15) is 34.1 Å². The molecular weight excluding hydrogens is 248 g/mol. The highest BCUT2D eigenvalue weighted by Crippen LogP contribution is 2.31. The number of carbonyl (C=O) groups excluding carboxylic acids is 2. The molecule has 0 bridgehead atoms. The summed E-state index contributed by atoms with van der Waals surface area (Å²) >= 11 is 0. The molecule has 1 saturated heterocycles. The summed E-state index contributed by atoms with van der Waals surface area (Å²) in [5.41, 5.74) is 0. The molecule has 2 N–H and O–H groups in total. The third kappa shape index (κ3) is 3.05. The Balaban J connectivity index is 2.95. The second-order valence-electron chi connectivity index (χ2n) is 5.16. The molecule has 108 valence electrons. The Hall–Kier alpha value is -1.59. The lowest BCUT2D eigenvalue weighted by molar-refractivity contribution is -0.159. The van der Waals surface area contributed by atoms with Crippen LogP contribution < -0.4 is 5.32 Å². The fraction of sp³-hybridized carbons (Fsp3) is 0.769. The summed E-state index contributed by atoms with van der Waals surface area (Å²) in [5, 5.41) is 11.9. The number of aliphatic carboxylic acids is 1. The van der Waals surface area contributed by atoms with Crippen molar-refractivity contribution in [2.75, 3.05) is 6.54 Å². The number of likely N-dealkylation sites (N-methyl/N-ethyl adjacent to an activating group) is 1. The third-order valence-corrected chi connectivity index (χ3v) is 3.79. The zero-order valence-electron chi connectivity index (χ0n) is 11.8. The number of rotatable bonds is 4. The van der Waals surface area contributed by atoms with Gasteiger partial charge in [-0.2, -0.15) is 0 Å². The van der Waals surface area contributed by atoms with E-state index in [-0.39, 0.29) is 24.2 Å². The van der Waals surface area contributed by atoms with E-state index < -0.39 is 24.0 Å². The van der Waals surface area contributed by atoms with E-state index >= 15 is 0 Å². The summed E-state index contributed by atoms with van der Waals surface area (Å²) < 4.78 is 0. The Morgan fingerprint density at radius 2 is 2.05 bits per heavy atom. The molecule has 2 amide bonds. The molecule has 0 aromatic carbocycles. The van der Waals surface area contributed by atoms with Gasteiger partial charge in [0.05, 0.1) is 5.92 Å². The van der Waals surface area contributed by atoms with Gasteiger partial charge in [0.15, 0.2) is 0 Å². The van der Waals surface area contributed by atoms with Gasteiger partial charge in [-0.05, 0) is 26.7 Å². The van der Waals surface area contributed by atoms with Crippen LogP contribution in [-0.2, 0) is 14.4 Å². The zero-order chi connectivity index (χ0) is 14.7. The van der Waals surface area contributed by atoms with Gasteiger partial charge in [-0.25, -0.2) is 0 Å². The van der Waals surface area contributed by atoms with Gasteiger partial charge < -0.3 is 15.3 Å². The second-order valence-corrected chi connectivity index (χ2v) is 5.16. The maximum Gasteiger partial charge on any atom is 0.308 e. The van der Waals surface area contributed by atoms with Gasteiger partial charge >= 0.3 is 5.97 Å². The number of likely N-dealkylation sites (tertiary alicyclic amines) is 1. The van der Waals surface area contributed by atoms with Crippen molar-refractivity contribution >= 4 is 17.8 Å². The maximum atomic E-state index is 12.1. The highest BCUT2D eigenvalue weighted by Gasteiger charge is 2.44. The summed E-state index contributed by atoms with van der Waals surface area (Å²) in [5.74, 6) is -2.16. The normalized spacial score (nSPS) is 28.9. The second kappa shape index (κ2) is 6.04. The molecule has 0 aromatic rings. The minimum atomic E-state index is -0.916. The number of nitrogens with one attached hydrogen (secondary N) is 1. The minimum absolute atomic E-state index is 0.156. The van der Waals surface area contributed by atoms with Crippen LogP contribution in [0.2, 0.25) is 0 Å². The Morgan fingerprint density at radius 3 is 2.53 bits per heavy atom. The number of amides is 2. The molecule has 4 atom stereocenters. The van der Waals surface area contributed by atoms with Gasteiger partial charge in [-0.1, -0.05) is 6.92 Å². The lowest BCUT2D eigenvalue weighted by Crippen LogP contribution is -2.59. The van der Waals surface area contributed by atoms with E-state index in [2.05, 4.69) is 5.32 Å². The van der Waals surface area contributed by atoms with E-state index in [1.165, 1.54) is 4.90 Å². The topological polar surface area (TPSA) is 86.7 Å². The van der Waals surface area contributed by atoms with Gasteiger partial charge in [0.1, 0.15) is 6.04 Å². The van der Waals surface area contributed by atoms with E-state index in [4.69, 9.17) is 0 Å². The molecule has 4 unspecified atom stereocenters. The van der Waals surface area contributed by atoms with Gasteiger partial charge in [-0.15, -0.1) is 0 Å². The molecule has 0 spiro atoms. The predicted octanol–water partition coefficient (Wildman–Crippen LogP) is 0.469. The molecule has 1 heterocycles. The van der Waals surface area contributed by atoms with Crippen molar-refractivity contribution in [1.29, 1.82) is 0 Å². The van der Waals surface area contributed by atoms with Crippen molar-refractivity contribution in [3.8, 4) is 0 Å². The van der Waals surface area contributed by atoms with Gasteiger partial charge in [0, 0.05) is 19.0 Å². The number of carboxylic acids is 1. The molecule has 0 saturated carbocycles. The van der Waals surface area contributed by atoms with E-state index in [1.54, 1.807) is 27.7 Å². The Kier molecular flexibility index (Phi) is 4.91. The first-order chi connectivity index (χ1) is 8.81. The van der Waals surface area contributed by atoms with Crippen LogP contribution in [0, 0.1) is 11.8 Å². The summed E-state index contributed by atoms with van der Waals surface area (Å²) in [7, 11) is 0. The summed E-state index contributed by atoms with van der Waals surface area (Å²) in [6, 6.07) is -1.12. The number of hydrogen-bond donors (Lipinski definition) is 2. The fourth-order valence-electron chi connectivity index (χ4n) is 2.85. The molecule has 1 aliphatic rings. The maximum absolute atomic E-state index is 12.1. The molecule has 19 heavy (non-hydrogen) atoms. The smallest absolute Gasteiger partial charge is 0.308 e. The van der Waals surface area contributed by atoms with Crippen molar-refractivity contribution < 1.29 is 19.5 Å². The summed E-state index contributed by atoms with van der Waals surface area (Å²) in [6.45, 7) is 7.38. The van der Waals surface area contributed by atoms with Crippen molar-refractivity contribution in [3.63, 3.8) is 0 Å². The quantitative estimate of drug-likeness (QED) is 0.777. The van der Waals surface area contributed by atoms with Gasteiger partial charge in [0.2, 0.25) is 11.8 Å². The van der Waals surface area contributed by atoms with Gasteiger partial charge in [-0.3, -0.25) is 14.4 Å². The Morgan fingerprint density at radius 1 is 1.47 bits per heavy atom. The number of hydrogen-bond acceptors (Lipinski definition) is 3. The van der Waals surface area contributed by atoms with E-state index in [0.29, 0.717) is 6.54 Å². The van der Waals surface area contributed by atoms with Gasteiger partial charge in [0.25, 0.3) is 0 Å². The largest absolute Gasteiger partial charge is 0.481 e. The monoisotopic (exact) mass is 270 g/mol. The van der Waals surface area contributed by atoms with Crippen LogP contribution in [0.15, 0.2) is 0 Å². The number of nitrogens with zero attached hydrogens (tertiary/aromatic N) is 1. The molecule has 6 heteroatoms. The van der Waals surface area contributed by atoms with Crippen LogP contribution in [0.4, 0.5) is 0 Å². The zero-order valence-corrected chi connectivity index (χ0v) is 11.8. The molecule has 0 aromatic heterocycles. The van der Waals surface area contributed by atoms with Crippen molar-refractivity contribution in [1.82, 2.24) is 10.2 Å². The van der Waals surface area contributed by atoms with E-state index in [9.17, 15) is 19.5 Å². The summed E-state index contributed by atoms with van der Waals surface area (Å²) in [4.78, 5) is 36.6. The lowest BCUT2D eigenvalue weighted by Gasteiger charge is -2.43. The number of piperidine rings is 1. The van der Waals surface area contributed by atoms with Crippen LogP contribution >= 0.6 is 0 Å². The van der Waals surface area contributed by atoms with Crippen molar-refractivity contribution in [2.24, 2.45) is 11.8 Å². The molecular formula is C13H22N2O4. The highest BCUT2D eigenvalue weighted by molar-refractivity contribution is 5.89. The van der Waals surface area contributed by atoms with Crippen LogP contribution in [-0.4, -0.2) is 46.4 Å². The SMILES string of the molecule is CCNC(=O)C(C)N1C(=O)CC(C)C(C(=O)O)C1C. The average molecular weight is 270 g/mol. The highest BCUT2D eigenvalue weighted by atomic mass is 16.4. The molecule has 6 nitrogen and oxygen atoms in total. The number of carbonyl (C=O) groups is 3. The van der Waals surface area contributed by atoms with Crippen LogP contribution in [0.3, 0.4) is 0 Å². The van der Waals surface area contributed by atoms with Crippen molar-refractivity contribution in [3.05, 3.63) is 0 Å². The molecule has 0 radical (unpaired) electrons. The molecule has 1 rings (SSSR count). The summed E-state index contributed by atoms with van der Waals surface area (Å²) in [6.07, 6.45) is 0.172. The molecule has 1 fully saturated rings. The predicted molar refractivity (Wildman–Crippen MR) is 69.4 cm³/mol. The van der Waals surface area contributed by atoms with E-state index in [0.717, 1.165) is 0 Å². The van der Waals surface area contributed by atoms with E-state index in [1.807, 2.05) is 0 Å². The first-order valence-electron chi connectivity index (χ1n) is 6.62. The Labute approximate surface area is 113 Å². The lowest BCUT2D eigenvalue weighted by atomic mass is 9.80. The standard InChI is InChI=1S/C13H22N2O4/c1-5-14-12(17)9(4)15-8(3)11(13(18)19)7(2)6-10(15)16/h7-9,11H,5-6H2,1-4H3,(H,14,17)(H,18,19). The molecule has 0 aliphatic carbocycles. The average Bonchev–Trinajstić information content (AvgIpc) is 2.27. The number of carboxylic acid groups (broad SMARTS) is 1. The third-order valence-electron chi connectivity index (χ3n) is 3.79. The van der Waals surface area contributed by atoms with Crippen LogP contribution in [0.25, 0.3) is 0 Å². The van der Waals surface area contributed by atoms with Crippen LogP contribution in [0.5, 0.6) is 0 Å². The first kappa shape index (κ1) is 15.5. The Bertz CT molecular complexity index is 383. The molecule has 1 aliphatic heterocycles. The minimum Gasteiger partial charge on any atom is -0.481 e.